The summed E-state index contributed by atoms with van der Waals surface area (Å²) in [6, 6.07) is 1.87. The van der Waals surface area contributed by atoms with E-state index in [0.717, 1.165) is 12.5 Å². The molecule has 1 unspecified atom stereocenters. The molecule has 0 fully saturated rings. The largest absolute Gasteiger partial charge is 0.492 e. The summed E-state index contributed by atoms with van der Waals surface area (Å²) in [6.07, 6.45) is 1.62. The molecule has 0 aliphatic carbocycles. The second-order valence-corrected chi connectivity index (χ2v) is 7.24. The summed E-state index contributed by atoms with van der Waals surface area (Å²) in [4.78, 5) is -0.199. The van der Waals surface area contributed by atoms with Crippen LogP contribution in [0.2, 0.25) is 0 Å². The van der Waals surface area contributed by atoms with Crippen LogP contribution in [0, 0.1) is 11.7 Å². The first kappa shape index (κ1) is 17.7. The number of hydrogen-bond acceptors (Lipinski definition) is 4. The molecule has 7 heteroatoms. The highest BCUT2D eigenvalue weighted by Crippen LogP contribution is 2.28. The fourth-order valence-corrected chi connectivity index (χ4v) is 3.26. The van der Waals surface area contributed by atoms with Gasteiger partial charge in [0, 0.05) is 6.04 Å². The lowest BCUT2D eigenvalue weighted by Gasteiger charge is -2.16. The van der Waals surface area contributed by atoms with E-state index in [2.05, 4.69) is 18.6 Å². The molecule has 0 aliphatic heterocycles. The van der Waals surface area contributed by atoms with Gasteiger partial charge in [-0.3, -0.25) is 0 Å². The van der Waals surface area contributed by atoms with Gasteiger partial charge >= 0.3 is 0 Å². The van der Waals surface area contributed by atoms with Gasteiger partial charge in [-0.05, 0) is 37.8 Å². The molecule has 0 aromatic heterocycles. The van der Waals surface area contributed by atoms with Crippen LogP contribution in [0.3, 0.4) is 0 Å². The second-order valence-electron chi connectivity index (χ2n) is 5.52. The molecule has 1 aromatic carbocycles. The SMILES string of the molecule is COc1c(N)cc(S(=O)(=O)NC(C)CCC(C)C)cc1F. The van der Waals surface area contributed by atoms with Gasteiger partial charge in [0.05, 0.1) is 17.7 Å². The molecule has 0 bridgehead atoms. The number of nitrogens with one attached hydrogen (secondary N) is 1. The lowest BCUT2D eigenvalue weighted by atomic mass is 10.1. The van der Waals surface area contributed by atoms with Crippen molar-refractivity contribution in [3.05, 3.63) is 17.9 Å². The van der Waals surface area contributed by atoms with Crippen molar-refractivity contribution in [3.8, 4) is 5.75 Å². The van der Waals surface area contributed by atoms with E-state index in [1.54, 1.807) is 6.92 Å². The van der Waals surface area contributed by atoms with Gasteiger partial charge < -0.3 is 10.5 Å². The Balaban J connectivity index is 2.93. The molecule has 0 aliphatic rings. The Labute approximate surface area is 125 Å². The molecule has 21 heavy (non-hydrogen) atoms. The van der Waals surface area contributed by atoms with Gasteiger partial charge in [0.1, 0.15) is 0 Å². The molecule has 0 saturated carbocycles. The number of methoxy groups -OCH3 is 1. The Hall–Kier alpha value is -1.34. The van der Waals surface area contributed by atoms with Gasteiger partial charge in [0.15, 0.2) is 11.6 Å². The van der Waals surface area contributed by atoms with Crippen LogP contribution < -0.4 is 15.2 Å². The maximum absolute atomic E-state index is 13.7. The first-order valence-electron chi connectivity index (χ1n) is 6.82. The molecule has 1 atom stereocenters. The Morgan fingerprint density at radius 2 is 1.90 bits per heavy atom. The summed E-state index contributed by atoms with van der Waals surface area (Å²) in [5.74, 6) is -0.458. The van der Waals surface area contributed by atoms with E-state index >= 15 is 0 Å². The molecule has 0 amide bonds. The smallest absolute Gasteiger partial charge is 0.240 e. The van der Waals surface area contributed by atoms with Crippen LogP contribution in [-0.4, -0.2) is 21.6 Å². The normalized spacial score (nSPS) is 13.4. The van der Waals surface area contributed by atoms with E-state index in [-0.39, 0.29) is 22.4 Å². The highest BCUT2D eigenvalue weighted by Gasteiger charge is 2.21. The summed E-state index contributed by atoms with van der Waals surface area (Å²) in [6.45, 7) is 5.92. The minimum absolute atomic E-state index is 0.0484. The Morgan fingerprint density at radius 3 is 2.38 bits per heavy atom. The number of sulfonamides is 1. The maximum atomic E-state index is 13.7. The molecule has 3 N–H and O–H groups in total. The Morgan fingerprint density at radius 1 is 1.29 bits per heavy atom. The van der Waals surface area contributed by atoms with Gasteiger partial charge in [-0.15, -0.1) is 0 Å². The third kappa shape index (κ3) is 4.86. The second kappa shape index (κ2) is 7.09. The first-order valence-corrected chi connectivity index (χ1v) is 8.31. The maximum Gasteiger partial charge on any atom is 0.240 e. The van der Waals surface area contributed by atoms with E-state index in [9.17, 15) is 12.8 Å². The van der Waals surface area contributed by atoms with Crippen molar-refractivity contribution in [1.82, 2.24) is 4.72 Å². The molecule has 0 heterocycles. The van der Waals surface area contributed by atoms with Crippen molar-refractivity contribution in [3.63, 3.8) is 0 Å². The summed E-state index contributed by atoms with van der Waals surface area (Å²) in [5, 5.41) is 0. The Kier molecular flexibility index (Phi) is 5.98. The van der Waals surface area contributed by atoms with Crippen LogP contribution in [0.4, 0.5) is 10.1 Å². The zero-order valence-electron chi connectivity index (χ0n) is 12.8. The molecule has 5 nitrogen and oxygen atoms in total. The van der Waals surface area contributed by atoms with E-state index in [0.29, 0.717) is 12.3 Å². The number of anilines is 1. The van der Waals surface area contributed by atoms with Crippen LogP contribution in [0.15, 0.2) is 17.0 Å². The lowest BCUT2D eigenvalue weighted by molar-refractivity contribution is 0.388. The summed E-state index contributed by atoms with van der Waals surface area (Å²) < 4.78 is 45.5. The number of halogens is 1. The number of nitrogens with two attached hydrogens (primary N) is 1. The van der Waals surface area contributed by atoms with Gasteiger partial charge in [-0.2, -0.15) is 0 Å². The number of ether oxygens (including phenoxy) is 1. The topological polar surface area (TPSA) is 81.4 Å². The van der Waals surface area contributed by atoms with E-state index in [1.165, 1.54) is 13.2 Å². The number of benzene rings is 1. The lowest BCUT2D eigenvalue weighted by Crippen LogP contribution is -2.33. The summed E-state index contributed by atoms with van der Waals surface area (Å²) >= 11 is 0. The van der Waals surface area contributed by atoms with Crippen molar-refractivity contribution in [1.29, 1.82) is 0 Å². The predicted octanol–water partition coefficient (Wildman–Crippen LogP) is 2.52. The fourth-order valence-electron chi connectivity index (χ4n) is 1.93. The number of nitrogen functional groups attached to an aromatic ring is 1. The standard InChI is InChI=1S/C14H23FN2O3S/c1-9(2)5-6-10(3)17-21(18,19)11-7-12(15)14(20-4)13(16)8-11/h7-10,17H,5-6,16H2,1-4H3. The molecular formula is C14H23FN2O3S. The van der Waals surface area contributed by atoms with Crippen LogP contribution in [0.25, 0.3) is 0 Å². The zero-order valence-corrected chi connectivity index (χ0v) is 13.6. The average Bonchev–Trinajstić information content (AvgIpc) is 2.35. The molecule has 0 spiro atoms. The number of rotatable bonds is 7. The van der Waals surface area contributed by atoms with Crippen molar-refractivity contribution in [2.45, 2.75) is 44.6 Å². The molecule has 1 rings (SSSR count). The molecule has 120 valence electrons. The fraction of sp³-hybridized carbons (Fsp3) is 0.571. The van der Waals surface area contributed by atoms with Crippen molar-refractivity contribution >= 4 is 15.7 Å². The molecular weight excluding hydrogens is 295 g/mol. The van der Waals surface area contributed by atoms with Crippen LogP contribution in [0.1, 0.15) is 33.6 Å². The van der Waals surface area contributed by atoms with Crippen LogP contribution in [0.5, 0.6) is 5.75 Å². The Bertz CT molecular complexity index is 565. The third-order valence-corrected chi connectivity index (χ3v) is 4.66. The van der Waals surface area contributed by atoms with Gasteiger partial charge in [0.25, 0.3) is 0 Å². The summed E-state index contributed by atoms with van der Waals surface area (Å²) in [5.41, 5.74) is 5.55. The molecule has 0 radical (unpaired) electrons. The number of hydrogen-bond donors (Lipinski definition) is 2. The van der Waals surface area contributed by atoms with E-state index < -0.39 is 15.8 Å². The highest BCUT2D eigenvalue weighted by atomic mass is 32.2. The van der Waals surface area contributed by atoms with Crippen molar-refractivity contribution < 1.29 is 17.5 Å². The van der Waals surface area contributed by atoms with E-state index in [4.69, 9.17) is 10.5 Å². The van der Waals surface area contributed by atoms with Crippen LogP contribution in [-0.2, 0) is 10.0 Å². The zero-order chi connectivity index (χ0) is 16.2. The third-order valence-electron chi connectivity index (χ3n) is 3.09. The summed E-state index contributed by atoms with van der Waals surface area (Å²) in [7, 11) is -2.53. The minimum atomic E-state index is -3.80. The highest BCUT2D eigenvalue weighted by molar-refractivity contribution is 7.89. The quantitative estimate of drug-likeness (QED) is 0.757. The van der Waals surface area contributed by atoms with Gasteiger partial charge in [-0.1, -0.05) is 13.8 Å². The first-order chi connectivity index (χ1) is 9.67. The van der Waals surface area contributed by atoms with E-state index in [1.807, 2.05) is 0 Å². The van der Waals surface area contributed by atoms with Crippen LogP contribution >= 0.6 is 0 Å². The minimum Gasteiger partial charge on any atom is -0.492 e. The predicted molar refractivity (Wildman–Crippen MR) is 81.2 cm³/mol. The molecule has 1 aromatic rings. The van der Waals surface area contributed by atoms with Crippen molar-refractivity contribution in [2.24, 2.45) is 5.92 Å². The van der Waals surface area contributed by atoms with Crippen molar-refractivity contribution in [2.75, 3.05) is 12.8 Å². The van der Waals surface area contributed by atoms with Gasteiger partial charge in [0.2, 0.25) is 10.0 Å². The molecule has 0 saturated heterocycles. The van der Waals surface area contributed by atoms with Gasteiger partial charge in [-0.25, -0.2) is 17.5 Å². The average molecular weight is 318 g/mol. The monoisotopic (exact) mass is 318 g/mol.